The fourth-order valence-corrected chi connectivity index (χ4v) is 4.28. The number of nitrogens with one attached hydrogen (secondary N) is 1. The summed E-state index contributed by atoms with van der Waals surface area (Å²) >= 11 is 0. The van der Waals surface area contributed by atoms with Crippen LogP contribution in [0.1, 0.15) is 0 Å². The van der Waals surface area contributed by atoms with Crippen molar-refractivity contribution in [2.45, 2.75) is 0 Å². The first-order valence-electron chi connectivity index (χ1n) is 9.08. The summed E-state index contributed by atoms with van der Waals surface area (Å²) in [6, 6.07) is 0. The van der Waals surface area contributed by atoms with Crippen LogP contribution < -0.4 is 19.9 Å². The molecular weight excluding hydrogens is 370 g/mol. The summed E-state index contributed by atoms with van der Waals surface area (Å²) in [6.45, 7) is 4.73. The Labute approximate surface area is 159 Å². The highest BCUT2D eigenvalue weighted by Gasteiger charge is 2.24. The molecule has 0 amide bonds. The lowest BCUT2D eigenvalue weighted by atomic mass is 10.3. The molecule has 0 aliphatic carbocycles. The average Bonchev–Trinajstić information content (AvgIpc) is 2.72. The van der Waals surface area contributed by atoms with Crippen LogP contribution in [0.2, 0.25) is 0 Å². The van der Waals surface area contributed by atoms with Gasteiger partial charge < -0.3 is 25.0 Å². The number of nitrogens with zero attached hydrogens (tertiary/aromatic N) is 6. The van der Waals surface area contributed by atoms with E-state index in [0.717, 1.165) is 32.0 Å². The Morgan fingerprint density at radius 3 is 2.59 bits per heavy atom. The first-order valence-corrected chi connectivity index (χ1v) is 10.6. The maximum atomic E-state index is 11.8. The monoisotopic (exact) mass is 393 g/mol. The molecule has 0 saturated carbocycles. The van der Waals surface area contributed by atoms with E-state index < -0.39 is 10.8 Å². The van der Waals surface area contributed by atoms with Gasteiger partial charge in [0.1, 0.15) is 18.5 Å². The summed E-state index contributed by atoms with van der Waals surface area (Å²) in [5.74, 6) is 2.92. The number of anilines is 2. The van der Waals surface area contributed by atoms with Gasteiger partial charge in [-0.1, -0.05) is 0 Å². The van der Waals surface area contributed by atoms with Crippen molar-refractivity contribution in [2.75, 3.05) is 73.8 Å². The second kappa shape index (κ2) is 8.28. The van der Waals surface area contributed by atoms with Crippen molar-refractivity contribution in [1.29, 1.82) is 0 Å². The fraction of sp³-hybridized carbons (Fsp3) is 0.625. The minimum atomic E-state index is -0.776. The number of ether oxygens (including phenoxy) is 1. The van der Waals surface area contributed by atoms with Gasteiger partial charge in [0.25, 0.3) is 0 Å². The summed E-state index contributed by atoms with van der Waals surface area (Å²) in [6.07, 6.45) is 1.43. The summed E-state index contributed by atoms with van der Waals surface area (Å²) < 4.78 is 17.3. The Kier molecular flexibility index (Phi) is 5.60. The van der Waals surface area contributed by atoms with Crippen molar-refractivity contribution >= 4 is 33.6 Å². The van der Waals surface area contributed by atoms with Crippen LogP contribution in [0.5, 0.6) is 5.88 Å². The number of hydrogen-bond donors (Lipinski definition) is 2. The molecule has 10 nitrogen and oxygen atoms in total. The van der Waals surface area contributed by atoms with E-state index >= 15 is 0 Å². The van der Waals surface area contributed by atoms with Gasteiger partial charge in [-0.3, -0.25) is 4.21 Å². The van der Waals surface area contributed by atoms with Crippen molar-refractivity contribution in [3.63, 3.8) is 0 Å². The van der Waals surface area contributed by atoms with E-state index in [1.54, 1.807) is 0 Å². The van der Waals surface area contributed by atoms with Crippen LogP contribution in [0.25, 0.3) is 11.0 Å². The number of aliphatic hydroxyl groups excluding tert-OH is 1. The highest BCUT2D eigenvalue weighted by Crippen LogP contribution is 2.30. The Bertz CT molecular complexity index is 821. The maximum Gasteiger partial charge on any atom is 0.244 e. The molecule has 2 saturated heterocycles. The molecule has 4 heterocycles. The quantitative estimate of drug-likeness (QED) is 0.639. The lowest BCUT2D eigenvalue weighted by molar-refractivity contribution is 0.198. The second-order valence-corrected chi connectivity index (χ2v) is 8.06. The first-order chi connectivity index (χ1) is 13.3. The Hall–Kier alpha value is -2.11. The van der Waals surface area contributed by atoms with Gasteiger partial charge in [0.15, 0.2) is 11.3 Å². The maximum absolute atomic E-state index is 11.8. The third-order valence-electron chi connectivity index (χ3n) is 4.63. The van der Waals surface area contributed by atoms with E-state index in [1.807, 2.05) is 0 Å². The topological polar surface area (TPSA) is 117 Å². The number of hydrogen-bond acceptors (Lipinski definition) is 10. The zero-order valence-electron chi connectivity index (χ0n) is 15.0. The van der Waals surface area contributed by atoms with Crippen LogP contribution in [0.15, 0.2) is 6.33 Å². The van der Waals surface area contributed by atoms with Crippen LogP contribution in [-0.2, 0) is 10.8 Å². The molecule has 2 aromatic rings. The van der Waals surface area contributed by atoms with E-state index in [-0.39, 0.29) is 13.2 Å². The molecule has 2 aliphatic rings. The van der Waals surface area contributed by atoms with Gasteiger partial charge in [-0.05, 0) is 0 Å². The predicted molar refractivity (Wildman–Crippen MR) is 103 cm³/mol. The normalized spacial score (nSPS) is 18.9. The van der Waals surface area contributed by atoms with Crippen molar-refractivity contribution in [3.05, 3.63) is 6.33 Å². The smallest absolute Gasteiger partial charge is 0.244 e. The van der Waals surface area contributed by atoms with Crippen molar-refractivity contribution in [3.8, 4) is 5.88 Å². The van der Waals surface area contributed by atoms with Crippen LogP contribution in [0.3, 0.4) is 0 Å². The molecule has 4 rings (SSSR count). The molecule has 2 aromatic heterocycles. The third-order valence-corrected chi connectivity index (χ3v) is 5.90. The fourth-order valence-electron chi connectivity index (χ4n) is 3.22. The van der Waals surface area contributed by atoms with E-state index in [2.05, 4.69) is 25.1 Å². The van der Waals surface area contributed by atoms with Crippen LogP contribution in [0, 0.1) is 0 Å². The molecule has 0 radical (unpaired) electrons. The largest absolute Gasteiger partial charge is 0.474 e. The molecular formula is C16H23N7O3S. The van der Waals surface area contributed by atoms with Crippen molar-refractivity contribution in [1.82, 2.24) is 25.3 Å². The summed E-state index contributed by atoms with van der Waals surface area (Å²) in [7, 11) is -0.776. The molecule has 0 unspecified atom stereocenters. The van der Waals surface area contributed by atoms with Crippen molar-refractivity contribution in [2.24, 2.45) is 0 Å². The van der Waals surface area contributed by atoms with Crippen molar-refractivity contribution < 1.29 is 14.1 Å². The number of fused-ring (bicyclic) bond motifs is 1. The Balaban J connectivity index is 1.79. The molecule has 0 atom stereocenters. The van der Waals surface area contributed by atoms with Gasteiger partial charge in [-0.2, -0.15) is 9.97 Å². The van der Waals surface area contributed by atoms with Gasteiger partial charge in [0, 0.05) is 61.6 Å². The summed E-state index contributed by atoms with van der Waals surface area (Å²) in [4.78, 5) is 22.3. The molecule has 27 heavy (non-hydrogen) atoms. The minimum Gasteiger partial charge on any atom is -0.474 e. The Morgan fingerprint density at radius 2 is 1.85 bits per heavy atom. The second-order valence-electron chi connectivity index (χ2n) is 6.37. The lowest BCUT2D eigenvalue weighted by Crippen LogP contribution is -2.44. The highest BCUT2D eigenvalue weighted by molar-refractivity contribution is 7.85. The van der Waals surface area contributed by atoms with E-state index in [1.165, 1.54) is 6.33 Å². The summed E-state index contributed by atoms with van der Waals surface area (Å²) in [5, 5.41) is 12.4. The standard InChI is InChI=1S/C16H23N7O3S/c24-7-8-26-15-13-12(18-11-19-15)14(22-5-9-27(25)10-6-22)21-16(20-13)23-3-1-17-2-4-23/h11,17,24H,1-10H2. The molecule has 146 valence electrons. The van der Waals surface area contributed by atoms with Crippen LogP contribution in [0.4, 0.5) is 11.8 Å². The van der Waals surface area contributed by atoms with Gasteiger partial charge >= 0.3 is 0 Å². The molecule has 2 N–H and O–H groups in total. The Morgan fingerprint density at radius 1 is 1.07 bits per heavy atom. The third kappa shape index (κ3) is 3.94. The predicted octanol–water partition coefficient (Wildman–Crippen LogP) is -1.23. The van der Waals surface area contributed by atoms with Gasteiger partial charge in [-0.15, -0.1) is 0 Å². The number of aliphatic hydroxyl groups is 1. The van der Waals surface area contributed by atoms with Gasteiger partial charge in [0.2, 0.25) is 11.8 Å². The van der Waals surface area contributed by atoms with Crippen LogP contribution in [-0.4, -0.2) is 93.2 Å². The lowest BCUT2D eigenvalue weighted by Gasteiger charge is -2.31. The SMILES string of the molecule is O=S1CCN(c2nc(N3CCNCC3)nc3c(OCCO)ncnc23)CC1. The first kappa shape index (κ1) is 18.3. The zero-order valence-corrected chi connectivity index (χ0v) is 15.8. The van der Waals surface area contributed by atoms with Crippen LogP contribution >= 0.6 is 0 Å². The minimum absolute atomic E-state index is 0.105. The molecule has 0 aromatic carbocycles. The number of rotatable bonds is 5. The van der Waals surface area contributed by atoms with E-state index in [4.69, 9.17) is 19.8 Å². The average molecular weight is 393 g/mol. The molecule has 2 fully saturated rings. The van der Waals surface area contributed by atoms with Gasteiger partial charge in [-0.25, -0.2) is 9.97 Å². The van der Waals surface area contributed by atoms with Gasteiger partial charge in [0.05, 0.1) is 6.61 Å². The van der Waals surface area contributed by atoms with E-state index in [9.17, 15) is 4.21 Å². The highest BCUT2D eigenvalue weighted by atomic mass is 32.2. The molecule has 0 spiro atoms. The summed E-state index contributed by atoms with van der Waals surface area (Å²) in [5.41, 5.74) is 1.15. The number of piperazine rings is 1. The molecule has 2 aliphatic heterocycles. The molecule has 11 heteroatoms. The van der Waals surface area contributed by atoms with E-state index in [0.29, 0.717) is 47.5 Å². The molecule has 0 bridgehead atoms. The number of aromatic nitrogens is 4. The zero-order chi connectivity index (χ0) is 18.6.